The van der Waals surface area contributed by atoms with Crippen LogP contribution in [-0.4, -0.2) is 0 Å². The van der Waals surface area contributed by atoms with Gasteiger partial charge in [0.25, 0.3) is 0 Å². The highest BCUT2D eigenvalue weighted by molar-refractivity contribution is 6.23. The molecule has 0 spiro atoms. The maximum Gasteiger partial charge on any atom is -0.00259 e. The van der Waals surface area contributed by atoms with Gasteiger partial charge in [-0.15, -0.1) is 0 Å². The fourth-order valence-corrected chi connectivity index (χ4v) is 12.2. The molecule has 0 radical (unpaired) electrons. The minimum Gasteiger partial charge on any atom is -0.0616 e. The van der Waals surface area contributed by atoms with E-state index in [1.165, 1.54) is 143 Å². The highest BCUT2D eigenvalue weighted by Crippen LogP contribution is 2.49. The summed E-state index contributed by atoms with van der Waals surface area (Å²) >= 11 is 0. The Hall–Kier alpha value is -10.1. The molecule has 0 aliphatic heterocycles. The van der Waals surface area contributed by atoms with Crippen molar-refractivity contribution in [2.75, 3.05) is 0 Å². The van der Waals surface area contributed by atoms with Crippen molar-refractivity contribution in [2.45, 2.75) is 0 Å². The van der Waals surface area contributed by atoms with E-state index in [0.29, 0.717) is 0 Å². The Labute approximate surface area is 454 Å². The van der Waals surface area contributed by atoms with Gasteiger partial charge >= 0.3 is 0 Å². The predicted octanol–water partition coefficient (Wildman–Crippen LogP) is 21.9. The van der Waals surface area contributed by atoms with Crippen LogP contribution >= 0.6 is 0 Å². The molecule has 0 aliphatic carbocycles. The third kappa shape index (κ3) is 8.11. The fraction of sp³-hybridized carbons (Fsp3) is 0. The van der Waals surface area contributed by atoms with E-state index in [1.54, 1.807) is 0 Å². The van der Waals surface area contributed by atoms with Crippen LogP contribution in [0.5, 0.6) is 0 Å². The van der Waals surface area contributed by atoms with Gasteiger partial charge < -0.3 is 0 Å². The van der Waals surface area contributed by atoms with E-state index < -0.39 is 0 Å². The molecule has 15 rings (SSSR count). The summed E-state index contributed by atoms with van der Waals surface area (Å²) in [6, 6.07) is 113. The minimum atomic E-state index is 1.16. The zero-order valence-corrected chi connectivity index (χ0v) is 42.9. The van der Waals surface area contributed by atoms with Gasteiger partial charge in [0.2, 0.25) is 0 Å². The molecular weight excluding hydrogens is 937 g/mol. The lowest BCUT2D eigenvalue weighted by Crippen LogP contribution is -1.95. The van der Waals surface area contributed by atoms with E-state index in [2.05, 4.69) is 303 Å². The molecule has 0 fully saturated rings. The molecule has 0 aromatic heterocycles. The standard InChI is InChI=1S/C78H50/c1-5-19-55-41-63(37-33-51(55)15-1)59-23-11-27-67(45-59)73-49-75-76(50-74(73)68-28-12-24-60(46-68)64-38-34-52-16-2-6-20-56(52)42-64)78(70-30-14-26-62(48-70)66-40-36-54-18-4-8-22-58(54)44-66)72-32-10-9-31-71(72)77(75)69-29-13-25-61(47-69)65-39-35-53-17-3-7-21-57(53)43-65/h1-50H. The summed E-state index contributed by atoms with van der Waals surface area (Å²) in [5.41, 5.74) is 19.0. The molecule has 0 unspecified atom stereocenters. The molecule has 0 N–H and O–H groups in total. The lowest BCUT2D eigenvalue weighted by atomic mass is 9.81. The molecule has 0 bridgehead atoms. The van der Waals surface area contributed by atoms with Gasteiger partial charge in [-0.1, -0.05) is 243 Å². The van der Waals surface area contributed by atoms with Crippen LogP contribution in [0.25, 0.3) is 154 Å². The Morgan fingerprint density at radius 3 is 0.692 bits per heavy atom. The third-order valence-electron chi connectivity index (χ3n) is 16.1. The van der Waals surface area contributed by atoms with E-state index in [9.17, 15) is 0 Å². The van der Waals surface area contributed by atoms with Gasteiger partial charge in [0.05, 0.1) is 0 Å². The van der Waals surface area contributed by atoms with Crippen molar-refractivity contribution in [3.63, 3.8) is 0 Å². The van der Waals surface area contributed by atoms with Crippen molar-refractivity contribution in [3.05, 3.63) is 303 Å². The first kappa shape index (κ1) is 45.3. The van der Waals surface area contributed by atoms with Gasteiger partial charge in [-0.2, -0.15) is 0 Å². The van der Waals surface area contributed by atoms with Crippen LogP contribution in [0.1, 0.15) is 0 Å². The molecule has 0 saturated heterocycles. The number of rotatable bonds is 8. The van der Waals surface area contributed by atoms with Crippen LogP contribution in [-0.2, 0) is 0 Å². The normalized spacial score (nSPS) is 11.6. The lowest BCUT2D eigenvalue weighted by Gasteiger charge is -2.22. The van der Waals surface area contributed by atoms with E-state index in [0.717, 1.165) is 11.1 Å². The van der Waals surface area contributed by atoms with Crippen molar-refractivity contribution in [1.82, 2.24) is 0 Å². The monoisotopic (exact) mass is 986 g/mol. The van der Waals surface area contributed by atoms with Gasteiger partial charge in [0.1, 0.15) is 0 Å². The Morgan fingerprint density at radius 2 is 0.372 bits per heavy atom. The van der Waals surface area contributed by atoms with E-state index in [-0.39, 0.29) is 0 Å². The second-order valence-electron chi connectivity index (χ2n) is 20.8. The lowest BCUT2D eigenvalue weighted by molar-refractivity contribution is 1.58. The van der Waals surface area contributed by atoms with E-state index in [4.69, 9.17) is 0 Å². The smallest absolute Gasteiger partial charge is 0.00259 e. The maximum absolute atomic E-state index is 2.52. The van der Waals surface area contributed by atoms with Gasteiger partial charge in [0, 0.05) is 0 Å². The summed E-state index contributed by atoms with van der Waals surface area (Å²) in [5.74, 6) is 0. The second kappa shape index (κ2) is 18.9. The van der Waals surface area contributed by atoms with Crippen molar-refractivity contribution >= 4 is 64.6 Å². The Kier molecular flexibility index (Phi) is 11.0. The van der Waals surface area contributed by atoms with Crippen LogP contribution in [0.15, 0.2) is 303 Å². The molecule has 15 aromatic carbocycles. The summed E-state index contributed by atoms with van der Waals surface area (Å²) in [4.78, 5) is 0. The number of hydrogen-bond acceptors (Lipinski definition) is 0. The van der Waals surface area contributed by atoms with Crippen molar-refractivity contribution in [1.29, 1.82) is 0 Å². The number of fused-ring (bicyclic) bond motifs is 6. The zero-order chi connectivity index (χ0) is 51.5. The van der Waals surface area contributed by atoms with Crippen LogP contribution in [0.3, 0.4) is 0 Å². The first-order chi connectivity index (χ1) is 38.6. The Balaban J connectivity index is 1.02. The third-order valence-corrected chi connectivity index (χ3v) is 16.1. The highest BCUT2D eigenvalue weighted by atomic mass is 14.3. The van der Waals surface area contributed by atoms with Crippen LogP contribution in [0, 0.1) is 0 Å². The molecule has 0 heteroatoms. The highest BCUT2D eigenvalue weighted by Gasteiger charge is 2.22. The number of hydrogen-bond donors (Lipinski definition) is 0. The molecular formula is C78H50. The first-order valence-corrected chi connectivity index (χ1v) is 27.0. The van der Waals surface area contributed by atoms with Gasteiger partial charge in [0.15, 0.2) is 0 Å². The van der Waals surface area contributed by atoms with Gasteiger partial charge in [-0.05, 0) is 214 Å². The van der Waals surface area contributed by atoms with Gasteiger partial charge in [-0.25, -0.2) is 0 Å². The van der Waals surface area contributed by atoms with Crippen molar-refractivity contribution < 1.29 is 0 Å². The largest absolute Gasteiger partial charge is 0.0616 e. The molecule has 0 aliphatic rings. The first-order valence-electron chi connectivity index (χ1n) is 27.0. The predicted molar refractivity (Wildman–Crippen MR) is 335 cm³/mol. The summed E-state index contributed by atoms with van der Waals surface area (Å²) in [6.07, 6.45) is 0. The minimum absolute atomic E-state index is 1.16. The Morgan fingerprint density at radius 1 is 0.128 bits per heavy atom. The van der Waals surface area contributed by atoms with Crippen LogP contribution in [0.2, 0.25) is 0 Å². The topological polar surface area (TPSA) is 0 Å². The van der Waals surface area contributed by atoms with Crippen LogP contribution < -0.4 is 0 Å². The molecule has 0 atom stereocenters. The maximum atomic E-state index is 2.52. The second-order valence-corrected chi connectivity index (χ2v) is 20.8. The summed E-state index contributed by atoms with van der Waals surface area (Å²) < 4.78 is 0. The molecule has 362 valence electrons. The fourth-order valence-electron chi connectivity index (χ4n) is 12.2. The Bertz CT molecular complexity index is 4550. The summed E-state index contributed by atoms with van der Waals surface area (Å²) in [7, 11) is 0. The summed E-state index contributed by atoms with van der Waals surface area (Å²) in [5, 5.41) is 14.7. The average Bonchev–Trinajstić information content (AvgIpc) is 3.66. The quantitative estimate of drug-likeness (QED) is 0.133. The van der Waals surface area contributed by atoms with Crippen molar-refractivity contribution in [3.8, 4) is 89.0 Å². The van der Waals surface area contributed by atoms with Crippen LogP contribution in [0.4, 0.5) is 0 Å². The summed E-state index contributed by atoms with van der Waals surface area (Å²) in [6.45, 7) is 0. The molecule has 0 amide bonds. The van der Waals surface area contributed by atoms with Gasteiger partial charge in [-0.3, -0.25) is 0 Å². The van der Waals surface area contributed by atoms with E-state index >= 15 is 0 Å². The zero-order valence-electron chi connectivity index (χ0n) is 42.9. The van der Waals surface area contributed by atoms with Crippen molar-refractivity contribution in [2.24, 2.45) is 0 Å². The molecule has 0 heterocycles. The SMILES string of the molecule is c1cc(-c2ccc3ccccc3c2)cc(-c2cc3c(-c4cccc(-c5ccc6ccccc6c5)c4)c4ccccc4c(-c4cccc(-c5ccc6ccccc6c5)c4)c3cc2-c2cccc(-c3ccc4ccccc4c3)c2)c1. The number of benzene rings is 15. The molecule has 15 aromatic rings. The average molecular weight is 987 g/mol. The molecule has 78 heavy (non-hydrogen) atoms. The molecule has 0 saturated carbocycles. The molecule has 0 nitrogen and oxygen atoms in total. The van der Waals surface area contributed by atoms with E-state index in [1.807, 2.05) is 0 Å².